The van der Waals surface area contributed by atoms with Crippen LogP contribution in [0.1, 0.15) is 31.0 Å². The molecule has 1 aromatic rings. The van der Waals surface area contributed by atoms with Crippen LogP contribution in [0.25, 0.3) is 0 Å². The highest BCUT2D eigenvalue weighted by Crippen LogP contribution is 2.28. The summed E-state index contributed by atoms with van der Waals surface area (Å²) in [5.74, 6) is 0.479. The molecule has 0 radical (unpaired) electrons. The molecule has 1 aliphatic rings. The highest BCUT2D eigenvalue weighted by molar-refractivity contribution is 5.80. The molecule has 82 valence electrons. The van der Waals surface area contributed by atoms with Gasteiger partial charge in [0, 0.05) is 31.3 Å². The van der Waals surface area contributed by atoms with Crippen LogP contribution in [0.3, 0.4) is 0 Å². The van der Waals surface area contributed by atoms with Crippen molar-refractivity contribution in [1.29, 1.82) is 0 Å². The lowest BCUT2D eigenvalue weighted by molar-refractivity contribution is -0.122. The minimum atomic E-state index is 0.195. The molecule has 1 amide bonds. The van der Waals surface area contributed by atoms with Crippen LogP contribution in [-0.4, -0.2) is 15.7 Å². The van der Waals surface area contributed by atoms with Gasteiger partial charge in [0.05, 0.1) is 5.69 Å². The van der Waals surface area contributed by atoms with Crippen LogP contribution < -0.4 is 5.32 Å². The minimum Gasteiger partial charge on any atom is -0.352 e. The Morgan fingerprint density at radius 3 is 3.00 bits per heavy atom. The van der Waals surface area contributed by atoms with Crippen molar-refractivity contribution in [1.82, 2.24) is 15.1 Å². The molecule has 15 heavy (non-hydrogen) atoms. The first-order valence-corrected chi connectivity index (χ1v) is 5.49. The number of rotatable bonds is 4. The number of aromatic nitrogens is 2. The molecule has 4 heteroatoms. The summed E-state index contributed by atoms with van der Waals surface area (Å²) < 4.78 is 1.80. The van der Waals surface area contributed by atoms with Gasteiger partial charge in [0.1, 0.15) is 0 Å². The third-order valence-corrected chi connectivity index (χ3v) is 2.73. The summed E-state index contributed by atoms with van der Waals surface area (Å²) >= 11 is 0. The molecule has 0 aromatic carbocycles. The molecular formula is C11H17N3O. The highest BCUT2D eigenvalue weighted by Gasteiger charge is 2.29. The Hall–Kier alpha value is -1.32. The lowest BCUT2D eigenvalue weighted by Crippen LogP contribution is -2.24. The van der Waals surface area contributed by atoms with Gasteiger partial charge in [-0.1, -0.05) is 6.92 Å². The van der Waals surface area contributed by atoms with E-state index in [-0.39, 0.29) is 11.8 Å². The molecule has 0 atom stereocenters. The zero-order chi connectivity index (χ0) is 10.8. The van der Waals surface area contributed by atoms with E-state index in [0.717, 1.165) is 30.5 Å². The number of hydrogen-bond donors (Lipinski definition) is 1. The van der Waals surface area contributed by atoms with Crippen molar-refractivity contribution >= 4 is 5.91 Å². The molecule has 1 aromatic heterocycles. The van der Waals surface area contributed by atoms with Crippen LogP contribution in [0.5, 0.6) is 0 Å². The first kappa shape index (κ1) is 10.2. The number of aryl methyl sites for hydroxylation is 2. The summed E-state index contributed by atoms with van der Waals surface area (Å²) in [6.07, 6.45) is 5.00. The predicted octanol–water partition coefficient (Wildman–Crippen LogP) is 1.01. The molecule has 0 aliphatic heterocycles. The topological polar surface area (TPSA) is 46.9 Å². The third-order valence-electron chi connectivity index (χ3n) is 2.73. The van der Waals surface area contributed by atoms with Gasteiger partial charge in [-0.3, -0.25) is 9.48 Å². The van der Waals surface area contributed by atoms with Crippen molar-refractivity contribution in [2.45, 2.75) is 32.7 Å². The number of hydrogen-bond acceptors (Lipinski definition) is 2. The average Bonchev–Trinajstić information content (AvgIpc) is 2.99. The van der Waals surface area contributed by atoms with Crippen molar-refractivity contribution in [3.05, 3.63) is 17.5 Å². The maximum atomic E-state index is 11.4. The zero-order valence-electron chi connectivity index (χ0n) is 9.29. The fourth-order valence-corrected chi connectivity index (χ4v) is 1.70. The van der Waals surface area contributed by atoms with Gasteiger partial charge < -0.3 is 5.32 Å². The van der Waals surface area contributed by atoms with Gasteiger partial charge in [0.25, 0.3) is 0 Å². The summed E-state index contributed by atoms with van der Waals surface area (Å²) in [5.41, 5.74) is 2.21. The molecule has 1 heterocycles. The van der Waals surface area contributed by atoms with Crippen molar-refractivity contribution in [2.75, 3.05) is 0 Å². The van der Waals surface area contributed by atoms with Gasteiger partial charge >= 0.3 is 0 Å². The van der Waals surface area contributed by atoms with Gasteiger partial charge in [0.15, 0.2) is 0 Å². The second kappa shape index (κ2) is 4.04. The van der Waals surface area contributed by atoms with Crippen molar-refractivity contribution in [3.63, 3.8) is 0 Å². The Morgan fingerprint density at radius 1 is 1.67 bits per heavy atom. The number of amides is 1. The fourth-order valence-electron chi connectivity index (χ4n) is 1.70. The van der Waals surface area contributed by atoms with E-state index in [9.17, 15) is 4.79 Å². The zero-order valence-corrected chi connectivity index (χ0v) is 9.29. The molecular weight excluding hydrogens is 190 g/mol. The van der Waals surface area contributed by atoms with E-state index in [4.69, 9.17) is 0 Å². The minimum absolute atomic E-state index is 0.195. The highest BCUT2D eigenvalue weighted by atomic mass is 16.2. The maximum absolute atomic E-state index is 11.4. The molecule has 0 unspecified atom stereocenters. The van der Waals surface area contributed by atoms with Gasteiger partial charge in [-0.15, -0.1) is 0 Å². The van der Waals surface area contributed by atoms with Gasteiger partial charge in [-0.2, -0.15) is 5.10 Å². The largest absolute Gasteiger partial charge is 0.352 e. The van der Waals surface area contributed by atoms with Crippen LogP contribution in [-0.2, 0) is 24.8 Å². The van der Waals surface area contributed by atoms with E-state index >= 15 is 0 Å². The summed E-state index contributed by atoms with van der Waals surface area (Å²) in [7, 11) is 1.91. The van der Waals surface area contributed by atoms with E-state index in [1.165, 1.54) is 0 Å². The second-order valence-corrected chi connectivity index (χ2v) is 4.12. The van der Waals surface area contributed by atoms with E-state index < -0.39 is 0 Å². The summed E-state index contributed by atoms with van der Waals surface area (Å²) in [4.78, 5) is 11.4. The monoisotopic (exact) mass is 207 g/mol. The Kier molecular flexibility index (Phi) is 2.75. The molecule has 1 saturated carbocycles. The number of carbonyl (C=O) groups is 1. The number of nitrogens with zero attached hydrogens (tertiary/aromatic N) is 2. The summed E-state index contributed by atoms with van der Waals surface area (Å²) in [6.45, 7) is 2.70. The van der Waals surface area contributed by atoms with E-state index in [0.29, 0.717) is 6.54 Å². The maximum Gasteiger partial charge on any atom is 0.223 e. The van der Waals surface area contributed by atoms with Crippen molar-refractivity contribution < 1.29 is 4.79 Å². The van der Waals surface area contributed by atoms with Gasteiger partial charge in [-0.25, -0.2) is 0 Å². The van der Waals surface area contributed by atoms with Crippen LogP contribution in [0.2, 0.25) is 0 Å². The van der Waals surface area contributed by atoms with E-state index in [1.807, 2.05) is 13.2 Å². The Balaban J connectivity index is 1.94. The smallest absolute Gasteiger partial charge is 0.223 e. The molecule has 4 nitrogen and oxygen atoms in total. The molecule has 1 aliphatic carbocycles. The van der Waals surface area contributed by atoms with Crippen LogP contribution in [0.4, 0.5) is 0 Å². The number of carbonyl (C=O) groups excluding carboxylic acids is 1. The predicted molar refractivity (Wildman–Crippen MR) is 57.2 cm³/mol. The van der Waals surface area contributed by atoms with Gasteiger partial charge in [-0.05, 0) is 19.3 Å². The Labute approximate surface area is 89.7 Å². The summed E-state index contributed by atoms with van der Waals surface area (Å²) in [6, 6.07) is 0. The summed E-state index contributed by atoms with van der Waals surface area (Å²) in [5, 5.41) is 7.29. The molecule has 0 saturated heterocycles. The first-order chi connectivity index (χ1) is 7.20. The first-order valence-electron chi connectivity index (χ1n) is 5.49. The molecule has 1 fully saturated rings. The van der Waals surface area contributed by atoms with Crippen LogP contribution in [0.15, 0.2) is 6.20 Å². The van der Waals surface area contributed by atoms with Crippen LogP contribution >= 0.6 is 0 Å². The quantitative estimate of drug-likeness (QED) is 0.801. The lowest BCUT2D eigenvalue weighted by Gasteiger charge is -2.02. The third kappa shape index (κ3) is 2.37. The molecule has 0 bridgehead atoms. The number of nitrogens with one attached hydrogen (secondary N) is 1. The molecule has 1 N–H and O–H groups in total. The second-order valence-electron chi connectivity index (χ2n) is 4.12. The average molecular weight is 207 g/mol. The van der Waals surface area contributed by atoms with Crippen LogP contribution in [0, 0.1) is 5.92 Å². The van der Waals surface area contributed by atoms with Crippen molar-refractivity contribution in [3.8, 4) is 0 Å². The lowest BCUT2D eigenvalue weighted by atomic mass is 10.2. The van der Waals surface area contributed by atoms with Crippen molar-refractivity contribution in [2.24, 2.45) is 13.0 Å². The van der Waals surface area contributed by atoms with Gasteiger partial charge in [0.2, 0.25) is 5.91 Å². The fraction of sp³-hybridized carbons (Fsp3) is 0.636. The normalized spacial score (nSPS) is 15.3. The molecule has 0 spiro atoms. The van der Waals surface area contributed by atoms with E-state index in [1.54, 1.807) is 4.68 Å². The Morgan fingerprint density at radius 2 is 2.40 bits per heavy atom. The SMILES string of the molecule is CCc1nn(C)cc1CNC(=O)C1CC1. The Bertz CT molecular complexity index is 366. The molecule has 2 rings (SSSR count). The standard InChI is InChI=1S/C11H17N3O/c1-3-10-9(7-14(2)13-10)6-12-11(15)8-4-5-8/h7-8H,3-6H2,1-2H3,(H,12,15). The van der Waals surface area contributed by atoms with E-state index in [2.05, 4.69) is 17.3 Å².